The van der Waals surface area contributed by atoms with Crippen LogP contribution < -0.4 is 0 Å². The third-order valence-corrected chi connectivity index (χ3v) is 5.33. The second kappa shape index (κ2) is 10.3. The summed E-state index contributed by atoms with van der Waals surface area (Å²) in [5.74, 6) is 2.67. The van der Waals surface area contributed by atoms with Gasteiger partial charge in [-0.2, -0.15) is 8.42 Å². The van der Waals surface area contributed by atoms with E-state index in [0.29, 0.717) is 6.61 Å². The molecule has 1 heterocycles. The monoisotopic (exact) mass is 397 g/mol. The molecule has 0 radical (unpaired) electrons. The van der Waals surface area contributed by atoms with Gasteiger partial charge >= 0.3 is 6.09 Å². The fraction of sp³-hybridized carbons (Fsp3) is 0.526. The molecule has 0 bridgehead atoms. The number of benzene rings is 1. The number of amides is 1. The van der Waals surface area contributed by atoms with Gasteiger partial charge in [0.15, 0.2) is 0 Å². The molecule has 1 fully saturated rings. The Morgan fingerprint density at radius 1 is 1.30 bits per heavy atom. The number of carbonyl (C=O) groups is 1. The summed E-state index contributed by atoms with van der Waals surface area (Å²) >= 11 is 0. The van der Waals surface area contributed by atoms with Crippen LogP contribution in [0.4, 0.5) is 4.79 Å². The first-order chi connectivity index (χ1) is 12.6. The minimum absolute atomic E-state index is 0.0666. The van der Waals surface area contributed by atoms with Crippen LogP contribution in [-0.4, -0.2) is 74.8 Å². The van der Waals surface area contributed by atoms with Crippen LogP contribution in [0, 0.1) is 19.3 Å². The quantitative estimate of drug-likeness (QED) is 0.478. The molecule has 2 rings (SSSR count). The highest BCUT2D eigenvalue weighted by Gasteiger charge is 2.30. The maximum Gasteiger partial charge on any atom is 0.410 e. The summed E-state index contributed by atoms with van der Waals surface area (Å²) in [5.41, 5.74) is 0.956. The fourth-order valence-corrected chi connectivity index (χ4v) is 3.09. The van der Waals surface area contributed by atoms with Gasteiger partial charge in [-0.1, -0.05) is 17.7 Å². The molecule has 7 nitrogen and oxygen atoms in total. The second-order valence-corrected chi connectivity index (χ2v) is 8.14. The van der Waals surface area contributed by atoms with E-state index < -0.39 is 10.1 Å². The van der Waals surface area contributed by atoms with E-state index in [1.165, 1.54) is 12.1 Å². The van der Waals surface area contributed by atoms with Gasteiger partial charge < -0.3 is 9.22 Å². The molecule has 0 atom stereocenters. The molecular weight excluding hydrogens is 368 g/mol. The SMILES string of the molecule is C#CCC[N+]1(C)CCN(C(=O)OCC)CC1.Cc1ccc(S(=O)(=O)O)cc1. The van der Waals surface area contributed by atoms with Crippen molar-refractivity contribution in [1.82, 2.24) is 4.90 Å². The standard InChI is InChI=1S/C12H21N2O2.C7H8O3S/c1-4-6-9-14(3)10-7-13(8-11-14)12(15)16-5-2;1-6-2-4-7(5-3-6)11(8,9)10/h1H,5-11H2,2-3H3;2-5H,1H3,(H,8,9,10)/q+1;. The number of quaternary nitrogens is 1. The van der Waals surface area contributed by atoms with Gasteiger partial charge in [0.25, 0.3) is 10.1 Å². The van der Waals surface area contributed by atoms with Crippen molar-refractivity contribution in [2.45, 2.75) is 25.2 Å². The van der Waals surface area contributed by atoms with Crippen molar-refractivity contribution < 1.29 is 27.0 Å². The van der Waals surface area contributed by atoms with Gasteiger partial charge in [0, 0.05) is 0 Å². The minimum atomic E-state index is -4.02. The van der Waals surface area contributed by atoms with Gasteiger partial charge in [0.2, 0.25) is 0 Å². The molecule has 0 spiro atoms. The summed E-state index contributed by atoms with van der Waals surface area (Å²) in [6, 6.07) is 5.99. The molecule has 0 aromatic heterocycles. The van der Waals surface area contributed by atoms with E-state index in [1.807, 2.05) is 13.8 Å². The zero-order valence-electron chi connectivity index (χ0n) is 16.2. The molecule has 27 heavy (non-hydrogen) atoms. The molecule has 0 saturated carbocycles. The first-order valence-corrected chi connectivity index (χ1v) is 10.3. The van der Waals surface area contributed by atoms with Crippen molar-refractivity contribution in [2.24, 2.45) is 0 Å². The number of hydrogen-bond donors (Lipinski definition) is 1. The third kappa shape index (κ3) is 7.99. The van der Waals surface area contributed by atoms with Crippen LogP contribution >= 0.6 is 0 Å². The Kier molecular flexibility index (Phi) is 8.76. The highest BCUT2D eigenvalue weighted by atomic mass is 32.2. The number of nitrogens with zero attached hydrogens (tertiary/aromatic N) is 2. The van der Waals surface area contributed by atoms with Crippen molar-refractivity contribution in [1.29, 1.82) is 0 Å². The predicted octanol–water partition coefficient (Wildman–Crippen LogP) is 2.17. The van der Waals surface area contributed by atoms with Crippen molar-refractivity contribution in [3.05, 3.63) is 29.8 Å². The summed E-state index contributed by atoms with van der Waals surface area (Å²) in [7, 11) is -1.83. The van der Waals surface area contributed by atoms with E-state index in [-0.39, 0.29) is 11.0 Å². The highest BCUT2D eigenvalue weighted by molar-refractivity contribution is 7.85. The van der Waals surface area contributed by atoms with Crippen LogP contribution in [-0.2, 0) is 14.9 Å². The Hall–Kier alpha value is -2.08. The maximum absolute atomic E-state index is 11.5. The molecule has 0 unspecified atom stereocenters. The third-order valence-electron chi connectivity index (χ3n) is 4.46. The average Bonchev–Trinajstić information content (AvgIpc) is 2.61. The van der Waals surface area contributed by atoms with E-state index >= 15 is 0 Å². The fourth-order valence-electron chi connectivity index (χ4n) is 2.61. The number of carbonyl (C=O) groups excluding carboxylic acids is 1. The first-order valence-electron chi connectivity index (χ1n) is 8.84. The molecule has 1 amide bonds. The van der Waals surface area contributed by atoms with E-state index in [0.717, 1.165) is 49.2 Å². The van der Waals surface area contributed by atoms with Gasteiger partial charge in [-0.25, -0.2) is 4.79 Å². The molecule has 1 aromatic carbocycles. The summed E-state index contributed by atoms with van der Waals surface area (Å²) < 4.78 is 35.5. The number of hydrogen-bond acceptors (Lipinski definition) is 4. The minimum Gasteiger partial charge on any atom is -0.450 e. The molecule has 1 aromatic rings. The average molecular weight is 398 g/mol. The molecule has 8 heteroatoms. The Morgan fingerprint density at radius 2 is 1.85 bits per heavy atom. The number of likely N-dealkylation sites (N-methyl/N-ethyl adjacent to an activating group) is 1. The lowest BCUT2D eigenvalue weighted by molar-refractivity contribution is -0.912. The van der Waals surface area contributed by atoms with E-state index in [4.69, 9.17) is 15.7 Å². The van der Waals surface area contributed by atoms with Gasteiger partial charge in [0.1, 0.15) is 0 Å². The van der Waals surface area contributed by atoms with Gasteiger partial charge in [-0.3, -0.25) is 9.45 Å². The largest absolute Gasteiger partial charge is 0.450 e. The van der Waals surface area contributed by atoms with Gasteiger partial charge in [-0.05, 0) is 26.0 Å². The molecule has 1 saturated heterocycles. The van der Waals surface area contributed by atoms with Crippen LogP contribution in [0.5, 0.6) is 0 Å². The lowest BCUT2D eigenvalue weighted by atomic mass is 10.2. The number of rotatable bonds is 4. The summed E-state index contributed by atoms with van der Waals surface area (Å²) in [6.45, 7) is 8.55. The Balaban J connectivity index is 0.000000289. The van der Waals surface area contributed by atoms with E-state index in [1.54, 1.807) is 17.0 Å². The Labute approximate surface area is 162 Å². The van der Waals surface area contributed by atoms with Crippen molar-refractivity contribution in [3.8, 4) is 12.3 Å². The molecular formula is C19H29N2O5S+. The van der Waals surface area contributed by atoms with E-state index in [2.05, 4.69) is 13.0 Å². The predicted molar refractivity (Wildman–Crippen MR) is 104 cm³/mol. The number of piperazine rings is 1. The second-order valence-electron chi connectivity index (χ2n) is 6.72. The van der Waals surface area contributed by atoms with Crippen LogP contribution in [0.15, 0.2) is 29.2 Å². The Bertz CT molecular complexity index is 745. The normalized spacial score (nSPS) is 15.9. The molecule has 150 valence electrons. The number of terminal acetylenes is 1. The molecule has 0 aliphatic carbocycles. The van der Waals surface area contributed by atoms with E-state index in [9.17, 15) is 13.2 Å². The van der Waals surface area contributed by atoms with Gasteiger partial charge in [-0.15, -0.1) is 12.3 Å². The van der Waals surface area contributed by atoms with Crippen LogP contribution in [0.3, 0.4) is 0 Å². The lowest BCUT2D eigenvalue weighted by Crippen LogP contribution is -2.58. The number of ether oxygens (including phenoxy) is 1. The maximum atomic E-state index is 11.5. The van der Waals surface area contributed by atoms with Crippen molar-refractivity contribution >= 4 is 16.2 Å². The zero-order chi connectivity index (χ0) is 20.5. The molecule has 1 aliphatic heterocycles. The smallest absolute Gasteiger partial charge is 0.410 e. The number of aryl methyl sites for hydroxylation is 1. The zero-order valence-corrected chi connectivity index (χ0v) is 17.0. The topological polar surface area (TPSA) is 83.9 Å². The summed E-state index contributed by atoms with van der Waals surface area (Å²) in [5, 5.41) is 0. The van der Waals surface area contributed by atoms with Crippen molar-refractivity contribution in [3.63, 3.8) is 0 Å². The summed E-state index contributed by atoms with van der Waals surface area (Å²) in [6.07, 6.45) is 5.89. The van der Waals surface area contributed by atoms with Crippen molar-refractivity contribution in [2.75, 3.05) is 46.4 Å². The molecule has 1 N–H and O–H groups in total. The highest BCUT2D eigenvalue weighted by Crippen LogP contribution is 2.12. The van der Waals surface area contributed by atoms with Gasteiger partial charge in [0.05, 0.1) is 57.7 Å². The lowest BCUT2D eigenvalue weighted by Gasteiger charge is -2.41. The van der Waals surface area contributed by atoms with Crippen LogP contribution in [0.2, 0.25) is 0 Å². The van der Waals surface area contributed by atoms with Crippen LogP contribution in [0.1, 0.15) is 18.9 Å². The van der Waals surface area contributed by atoms with Crippen LogP contribution in [0.25, 0.3) is 0 Å². The summed E-state index contributed by atoms with van der Waals surface area (Å²) in [4.78, 5) is 13.2. The first kappa shape index (κ1) is 23.0. The molecule has 1 aliphatic rings. The Morgan fingerprint density at radius 3 is 2.30 bits per heavy atom.